The average Bonchev–Trinajstić information content (AvgIpc) is 2.01. The first kappa shape index (κ1) is 14.9. The summed E-state index contributed by atoms with van der Waals surface area (Å²) in [6, 6.07) is 0.472. The molecule has 0 fully saturated rings. The topological polar surface area (TPSA) is 32.5 Å². The smallest absolute Gasteiger partial charge is 0.0263 e. The van der Waals surface area contributed by atoms with E-state index in [1.54, 1.807) is 0 Å². The Balaban J connectivity index is 4.00. The largest absolute Gasteiger partial charge is 0.329 e. The predicted molar refractivity (Wildman–Crippen MR) is 68.1 cm³/mol. The van der Waals surface area contributed by atoms with Crippen LogP contribution in [0.3, 0.4) is 0 Å². The second kappa shape index (κ2) is 6.46. The zero-order chi connectivity index (χ0) is 12.1. The summed E-state index contributed by atoms with van der Waals surface area (Å²) in [7, 11) is 6.41. The lowest BCUT2D eigenvalue weighted by Gasteiger charge is -2.37. The number of likely N-dealkylation sites (N-methyl/N-ethyl adjacent to an activating group) is 1. The van der Waals surface area contributed by atoms with Gasteiger partial charge in [0, 0.05) is 12.6 Å². The van der Waals surface area contributed by atoms with Gasteiger partial charge in [-0.1, -0.05) is 20.8 Å². The monoisotopic (exact) mass is 215 g/mol. The Morgan fingerprint density at radius 1 is 1.07 bits per heavy atom. The maximum atomic E-state index is 5.84. The number of rotatable bonds is 6. The van der Waals surface area contributed by atoms with E-state index in [-0.39, 0.29) is 5.41 Å². The first-order chi connectivity index (χ1) is 6.79. The van der Waals surface area contributed by atoms with Crippen molar-refractivity contribution in [2.75, 3.05) is 40.8 Å². The quantitative estimate of drug-likeness (QED) is 0.723. The number of nitrogens with two attached hydrogens (primary N) is 1. The molecule has 0 saturated heterocycles. The highest BCUT2D eigenvalue weighted by Crippen LogP contribution is 2.22. The van der Waals surface area contributed by atoms with Crippen LogP contribution in [-0.2, 0) is 0 Å². The van der Waals surface area contributed by atoms with Gasteiger partial charge < -0.3 is 15.5 Å². The molecule has 0 spiro atoms. The van der Waals surface area contributed by atoms with E-state index >= 15 is 0 Å². The van der Waals surface area contributed by atoms with Gasteiger partial charge in [-0.2, -0.15) is 0 Å². The Labute approximate surface area is 95.6 Å². The maximum Gasteiger partial charge on any atom is 0.0263 e. The Morgan fingerprint density at radius 3 is 1.93 bits per heavy atom. The molecule has 0 radical (unpaired) electrons. The van der Waals surface area contributed by atoms with E-state index in [4.69, 9.17) is 5.73 Å². The van der Waals surface area contributed by atoms with Crippen molar-refractivity contribution in [3.8, 4) is 0 Å². The molecule has 3 nitrogen and oxygen atoms in total. The molecule has 0 aromatic rings. The third kappa shape index (κ3) is 6.13. The van der Waals surface area contributed by atoms with Crippen LogP contribution in [0, 0.1) is 5.41 Å². The van der Waals surface area contributed by atoms with E-state index < -0.39 is 0 Å². The molecule has 0 amide bonds. The molecular formula is C12H29N3. The minimum absolute atomic E-state index is 0.265. The first-order valence-corrected chi connectivity index (χ1v) is 5.84. The Bertz CT molecular complexity index is 161. The normalized spacial score (nSPS) is 15.0. The van der Waals surface area contributed by atoms with Crippen LogP contribution in [0.4, 0.5) is 0 Å². The molecule has 0 aliphatic heterocycles. The van der Waals surface area contributed by atoms with Crippen LogP contribution in [0.25, 0.3) is 0 Å². The summed E-state index contributed by atoms with van der Waals surface area (Å²) in [5.74, 6) is 0. The second-order valence-electron chi connectivity index (χ2n) is 5.75. The third-order valence-corrected chi connectivity index (χ3v) is 2.87. The summed E-state index contributed by atoms with van der Waals surface area (Å²) < 4.78 is 0. The van der Waals surface area contributed by atoms with Crippen LogP contribution in [0.5, 0.6) is 0 Å². The fraction of sp³-hybridized carbons (Fsp3) is 1.00. The molecule has 0 aromatic heterocycles. The summed E-state index contributed by atoms with van der Waals surface area (Å²) in [5.41, 5.74) is 6.10. The minimum atomic E-state index is 0.265. The summed E-state index contributed by atoms with van der Waals surface area (Å²) in [5, 5.41) is 0. The molecule has 3 heteroatoms. The number of nitrogens with zero attached hydrogens (tertiary/aromatic N) is 2. The van der Waals surface area contributed by atoms with Crippen LogP contribution in [0.15, 0.2) is 0 Å². The van der Waals surface area contributed by atoms with Crippen molar-refractivity contribution in [2.24, 2.45) is 11.1 Å². The van der Waals surface area contributed by atoms with E-state index in [9.17, 15) is 0 Å². The molecule has 0 aliphatic carbocycles. The molecule has 0 bridgehead atoms. The van der Waals surface area contributed by atoms with Crippen molar-refractivity contribution < 1.29 is 0 Å². The van der Waals surface area contributed by atoms with Gasteiger partial charge in [-0.15, -0.1) is 0 Å². The molecule has 1 atom stereocenters. The first-order valence-electron chi connectivity index (χ1n) is 5.84. The standard InChI is InChI=1S/C12H29N3/c1-12(2,3)11(10-13)15(6)9-7-8-14(4)5/h11H,7-10,13H2,1-6H3. The van der Waals surface area contributed by atoms with Gasteiger partial charge in [0.05, 0.1) is 0 Å². The molecule has 0 aromatic carbocycles. The average molecular weight is 215 g/mol. The maximum absolute atomic E-state index is 5.84. The van der Waals surface area contributed by atoms with E-state index in [1.165, 1.54) is 6.42 Å². The highest BCUT2D eigenvalue weighted by molar-refractivity contribution is 4.82. The van der Waals surface area contributed by atoms with Gasteiger partial charge in [-0.05, 0) is 46.1 Å². The zero-order valence-corrected chi connectivity index (χ0v) is 11.4. The Kier molecular flexibility index (Phi) is 6.41. The molecule has 0 aliphatic rings. The van der Waals surface area contributed by atoms with Gasteiger partial charge in [0.1, 0.15) is 0 Å². The Hall–Kier alpha value is -0.120. The van der Waals surface area contributed by atoms with Gasteiger partial charge in [0.15, 0.2) is 0 Å². The van der Waals surface area contributed by atoms with Crippen molar-refractivity contribution >= 4 is 0 Å². The van der Waals surface area contributed by atoms with Gasteiger partial charge >= 0.3 is 0 Å². The lowest BCUT2D eigenvalue weighted by Crippen LogP contribution is -2.47. The van der Waals surface area contributed by atoms with E-state index in [1.807, 2.05) is 0 Å². The van der Waals surface area contributed by atoms with Crippen LogP contribution >= 0.6 is 0 Å². The fourth-order valence-corrected chi connectivity index (χ4v) is 1.99. The molecule has 1 unspecified atom stereocenters. The molecule has 92 valence electrons. The van der Waals surface area contributed by atoms with Gasteiger partial charge in [0.2, 0.25) is 0 Å². The molecule has 2 N–H and O–H groups in total. The zero-order valence-electron chi connectivity index (χ0n) is 11.4. The van der Waals surface area contributed by atoms with Crippen molar-refractivity contribution in [3.05, 3.63) is 0 Å². The van der Waals surface area contributed by atoms with Crippen LogP contribution < -0.4 is 5.73 Å². The van der Waals surface area contributed by atoms with Crippen molar-refractivity contribution in [1.29, 1.82) is 0 Å². The van der Waals surface area contributed by atoms with Crippen LogP contribution in [-0.4, -0.2) is 56.6 Å². The molecule has 0 heterocycles. The van der Waals surface area contributed by atoms with Crippen molar-refractivity contribution in [1.82, 2.24) is 9.80 Å². The fourth-order valence-electron chi connectivity index (χ4n) is 1.99. The third-order valence-electron chi connectivity index (χ3n) is 2.87. The van der Waals surface area contributed by atoms with Gasteiger partial charge in [-0.25, -0.2) is 0 Å². The van der Waals surface area contributed by atoms with Crippen molar-refractivity contribution in [2.45, 2.75) is 33.2 Å². The highest BCUT2D eigenvalue weighted by Gasteiger charge is 2.26. The molecule has 15 heavy (non-hydrogen) atoms. The molecule has 0 saturated carbocycles. The Morgan fingerprint density at radius 2 is 1.60 bits per heavy atom. The van der Waals surface area contributed by atoms with Crippen LogP contribution in [0.2, 0.25) is 0 Å². The van der Waals surface area contributed by atoms with E-state index in [0.717, 1.165) is 19.6 Å². The number of hydrogen-bond donors (Lipinski definition) is 1. The SMILES string of the molecule is CN(C)CCCN(C)C(CN)C(C)(C)C. The highest BCUT2D eigenvalue weighted by atomic mass is 15.2. The predicted octanol–water partition coefficient (Wildman–Crippen LogP) is 1.24. The van der Waals surface area contributed by atoms with Gasteiger partial charge in [0.25, 0.3) is 0 Å². The lowest BCUT2D eigenvalue weighted by molar-refractivity contribution is 0.128. The number of hydrogen-bond acceptors (Lipinski definition) is 3. The molecule has 0 rings (SSSR count). The summed E-state index contributed by atoms with van der Waals surface area (Å²) in [6.45, 7) is 9.78. The second-order valence-corrected chi connectivity index (χ2v) is 5.75. The minimum Gasteiger partial charge on any atom is -0.329 e. The summed E-state index contributed by atoms with van der Waals surface area (Å²) in [6.07, 6.45) is 1.20. The van der Waals surface area contributed by atoms with E-state index in [0.29, 0.717) is 6.04 Å². The summed E-state index contributed by atoms with van der Waals surface area (Å²) >= 11 is 0. The van der Waals surface area contributed by atoms with E-state index in [2.05, 4.69) is 51.7 Å². The van der Waals surface area contributed by atoms with Gasteiger partial charge in [-0.3, -0.25) is 0 Å². The lowest BCUT2D eigenvalue weighted by atomic mass is 9.86. The van der Waals surface area contributed by atoms with Crippen molar-refractivity contribution in [3.63, 3.8) is 0 Å². The molecular weight excluding hydrogens is 186 g/mol. The summed E-state index contributed by atoms with van der Waals surface area (Å²) in [4.78, 5) is 4.62. The van der Waals surface area contributed by atoms with Crippen LogP contribution in [0.1, 0.15) is 27.2 Å².